The SMILES string of the molecule is COC(=O)N=NC(=O)O[Si](C(C)(C)C)(C(C)(C)C)C(C)(C)C. The molecule has 22 heavy (non-hydrogen) atoms. The van der Waals surface area contributed by atoms with Crippen LogP contribution in [0.2, 0.25) is 15.1 Å². The molecule has 0 saturated heterocycles. The first-order valence-corrected chi connectivity index (χ1v) is 9.23. The molecule has 2 amide bonds. The van der Waals surface area contributed by atoms with E-state index >= 15 is 0 Å². The van der Waals surface area contributed by atoms with Crippen molar-refractivity contribution >= 4 is 20.5 Å². The van der Waals surface area contributed by atoms with Crippen molar-refractivity contribution in [3.63, 3.8) is 0 Å². The number of nitrogens with zero attached hydrogens (tertiary/aromatic N) is 2. The molecule has 0 aromatic carbocycles. The molecule has 6 nitrogen and oxygen atoms in total. The average Bonchev–Trinajstić information content (AvgIpc) is 2.27. The Bertz CT molecular complexity index is 418. The number of azo groups is 1. The van der Waals surface area contributed by atoms with Crippen LogP contribution in [0, 0.1) is 0 Å². The van der Waals surface area contributed by atoms with Crippen molar-refractivity contribution in [3.8, 4) is 0 Å². The summed E-state index contributed by atoms with van der Waals surface area (Å²) in [6.45, 7) is 18.8. The third-order valence-electron chi connectivity index (χ3n) is 3.80. The molecule has 0 spiro atoms. The van der Waals surface area contributed by atoms with E-state index < -0.39 is 20.5 Å². The van der Waals surface area contributed by atoms with Crippen LogP contribution >= 0.6 is 0 Å². The molecule has 0 heterocycles. The molecule has 0 fully saturated rings. The third-order valence-corrected chi connectivity index (χ3v) is 10.6. The lowest BCUT2D eigenvalue weighted by Gasteiger charge is -2.56. The fraction of sp³-hybridized carbons (Fsp3) is 0.867. The molecule has 0 aromatic rings. The zero-order valence-corrected chi connectivity index (χ0v) is 16.5. The fourth-order valence-corrected chi connectivity index (χ4v) is 12.1. The normalized spacial score (nSPS) is 14.1. The topological polar surface area (TPSA) is 77.3 Å². The molecule has 7 heteroatoms. The molecule has 0 bridgehead atoms. The first kappa shape index (κ1) is 20.8. The minimum Gasteiger partial charge on any atom is -0.499 e. The number of carbonyl (C=O) groups is 2. The molecule has 0 saturated carbocycles. The second-order valence-corrected chi connectivity index (χ2v) is 14.5. The van der Waals surface area contributed by atoms with Crippen LogP contribution in [0.5, 0.6) is 0 Å². The smallest absolute Gasteiger partial charge is 0.452 e. The largest absolute Gasteiger partial charge is 0.499 e. The van der Waals surface area contributed by atoms with E-state index in [4.69, 9.17) is 4.43 Å². The van der Waals surface area contributed by atoms with Crippen LogP contribution in [-0.4, -0.2) is 27.6 Å². The van der Waals surface area contributed by atoms with E-state index in [0.29, 0.717) is 0 Å². The first-order valence-electron chi connectivity index (χ1n) is 7.33. The molecule has 0 radical (unpaired) electrons. The van der Waals surface area contributed by atoms with Gasteiger partial charge in [0.25, 0.3) is 8.32 Å². The van der Waals surface area contributed by atoms with E-state index in [0.717, 1.165) is 0 Å². The summed E-state index contributed by atoms with van der Waals surface area (Å²) in [7, 11) is -1.53. The van der Waals surface area contributed by atoms with E-state index in [1.807, 2.05) is 0 Å². The van der Waals surface area contributed by atoms with Crippen LogP contribution in [0.3, 0.4) is 0 Å². The van der Waals surface area contributed by atoms with E-state index in [9.17, 15) is 9.59 Å². The lowest BCUT2D eigenvalue weighted by Crippen LogP contribution is -2.61. The van der Waals surface area contributed by atoms with Gasteiger partial charge in [0.05, 0.1) is 7.11 Å². The molecular formula is C15H30N2O4Si. The maximum Gasteiger partial charge on any atom is 0.452 e. The Kier molecular flexibility index (Phi) is 6.11. The summed E-state index contributed by atoms with van der Waals surface area (Å²) < 4.78 is 10.3. The fourth-order valence-electron chi connectivity index (χ4n) is 4.11. The van der Waals surface area contributed by atoms with Gasteiger partial charge in [0, 0.05) is 0 Å². The number of ether oxygens (including phenoxy) is 1. The van der Waals surface area contributed by atoms with Crippen molar-refractivity contribution < 1.29 is 18.8 Å². The maximum absolute atomic E-state index is 12.2. The second kappa shape index (κ2) is 6.48. The van der Waals surface area contributed by atoms with Gasteiger partial charge in [0.15, 0.2) is 0 Å². The molecule has 0 aliphatic rings. The Labute approximate surface area is 134 Å². The Hall–Kier alpha value is -1.24. The summed E-state index contributed by atoms with van der Waals surface area (Å²) in [6.07, 6.45) is -1.76. The highest BCUT2D eigenvalue weighted by Crippen LogP contribution is 2.62. The van der Waals surface area contributed by atoms with Gasteiger partial charge < -0.3 is 9.16 Å². The summed E-state index contributed by atoms with van der Waals surface area (Å²) in [4.78, 5) is 23.2. The van der Waals surface area contributed by atoms with Crippen LogP contribution in [-0.2, 0) is 9.16 Å². The predicted octanol–water partition coefficient (Wildman–Crippen LogP) is 5.69. The number of carbonyl (C=O) groups excluding carboxylic acids is 2. The summed E-state index contributed by atoms with van der Waals surface area (Å²) in [5.41, 5.74) is 0. The lowest BCUT2D eigenvalue weighted by atomic mass is 10.2. The number of methoxy groups -OCH3 is 1. The molecule has 0 aliphatic carbocycles. The molecular weight excluding hydrogens is 300 g/mol. The number of hydrogen-bond donors (Lipinski definition) is 0. The van der Waals surface area contributed by atoms with Gasteiger partial charge in [-0.15, -0.1) is 0 Å². The van der Waals surface area contributed by atoms with Crippen molar-refractivity contribution in [1.82, 2.24) is 0 Å². The minimum absolute atomic E-state index is 0.222. The van der Waals surface area contributed by atoms with Crippen molar-refractivity contribution in [3.05, 3.63) is 0 Å². The van der Waals surface area contributed by atoms with E-state index in [-0.39, 0.29) is 15.1 Å². The summed E-state index contributed by atoms with van der Waals surface area (Å²) in [6, 6.07) is 0. The Morgan fingerprint density at radius 3 is 1.32 bits per heavy atom. The van der Waals surface area contributed by atoms with Gasteiger partial charge in [0.1, 0.15) is 0 Å². The zero-order valence-electron chi connectivity index (χ0n) is 15.5. The third kappa shape index (κ3) is 4.15. The lowest BCUT2D eigenvalue weighted by molar-refractivity contribution is 0.176. The van der Waals surface area contributed by atoms with Gasteiger partial charge in [-0.3, -0.25) is 0 Å². The molecule has 0 atom stereocenters. The highest BCUT2D eigenvalue weighted by molar-refractivity contribution is 6.83. The zero-order chi connectivity index (χ0) is 18.0. The van der Waals surface area contributed by atoms with Crippen molar-refractivity contribution in [2.75, 3.05) is 7.11 Å². The van der Waals surface area contributed by atoms with Crippen LogP contribution < -0.4 is 0 Å². The molecule has 0 aliphatic heterocycles. The highest BCUT2D eigenvalue weighted by Gasteiger charge is 2.64. The summed E-state index contributed by atoms with van der Waals surface area (Å²) >= 11 is 0. The maximum atomic E-state index is 12.2. The minimum atomic E-state index is -2.70. The highest BCUT2D eigenvalue weighted by atomic mass is 28.4. The van der Waals surface area contributed by atoms with Gasteiger partial charge in [-0.25, -0.2) is 9.59 Å². The quantitative estimate of drug-likeness (QED) is 0.457. The number of amides is 2. The van der Waals surface area contributed by atoms with Gasteiger partial charge in [-0.1, -0.05) is 72.5 Å². The van der Waals surface area contributed by atoms with E-state index in [2.05, 4.69) is 77.3 Å². The van der Waals surface area contributed by atoms with Crippen LogP contribution in [0.1, 0.15) is 62.3 Å². The van der Waals surface area contributed by atoms with E-state index in [1.54, 1.807) is 0 Å². The first-order chi connectivity index (χ1) is 9.60. The summed E-state index contributed by atoms with van der Waals surface area (Å²) in [5.74, 6) is 0. The van der Waals surface area contributed by atoms with E-state index in [1.165, 1.54) is 7.11 Å². The van der Waals surface area contributed by atoms with Crippen LogP contribution in [0.4, 0.5) is 9.59 Å². The van der Waals surface area contributed by atoms with Gasteiger partial charge in [-0.2, -0.15) is 0 Å². The molecule has 128 valence electrons. The number of hydrogen-bond acceptors (Lipinski definition) is 4. The van der Waals surface area contributed by atoms with Crippen molar-refractivity contribution in [1.29, 1.82) is 0 Å². The van der Waals surface area contributed by atoms with Crippen molar-refractivity contribution in [2.24, 2.45) is 10.2 Å². The molecule has 0 rings (SSSR count). The Morgan fingerprint density at radius 2 is 1.05 bits per heavy atom. The Morgan fingerprint density at radius 1 is 0.727 bits per heavy atom. The van der Waals surface area contributed by atoms with Crippen LogP contribution in [0.15, 0.2) is 10.2 Å². The number of rotatable bonds is 1. The molecule has 0 aromatic heterocycles. The van der Waals surface area contributed by atoms with Gasteiger partial charge in [0.2, 0.25) is 0 Å². The Balaban J connectivity index is 5.88. The molecule has 0 N–H and O–H groups in total. The monoisotopic (exact) mass is 330 g/mol. The average molecular weight is 331 g/mol. The summed E-state index contributed by atoms with van der Waals surface area (Å²) in [5, 5.41) is 5.86. The van der Waals surface area contributed by atoms with Crippen molar-refractivity contribution in [2.45, 2.75) is 77.4 Å². The van der Waals surface area contributed by atoms with Crippen LogP contribution in [0.25, 0.3) is 0 Å². The second-order valence-electron chi connectivity index (χ2n) is 8.47. The standard InChI is InChI=1S/C15H30N2O4Si/c1-13(2,3)22(14(4,5)6,15(7,8)9)21-12(19)17-16-11(18)20-10/h1-10H3. The predicted molar refractivity (Wildman–Crippen MR) is 88.6 cm³/mol. The van der Waals surface area contributed by atoms with Gasteiger partial charge >= 0.3 is 12.2 Å². The molecule has 0 unspecified atom stereocenters. The van der Waals surface area contributed by atoms with Gasteiger partial charge in [-0.05, 0) is 15.1 Å².